The SMILES string of the molecule is CCCC[As](C)Br. The Morgan fingerprint density at radius 1 is 1.57 bits per heavy atom. The van der Waals surface area contributed by atoms with Gasteiger partial charge in [0.25, 0.3) is 0 Å². The Bertz CT molecular complexity index is 37.1. The predicted octanol–water partition coefficient (Wildman–Crippen LogP) is 2.80. The molecule has 1 unspecified atom stereocenters. The zero-order chi connectivity index (χ0) is 5.70. The Balaban J connectivity index is 2.68. The zero-order valence-corrected chi connectivity index (χ0v) is 8.41. The van der Waals surface area contributed by atoms with E-state index in [0.717, 1.165) is 0 Å². The van der Waals surface area contributed by atoms with Crippen molar-refractivity contribution in [2.45, 2.75) is 30.7 Å². The first-order valence-electron chi connectivity index (χ1n) is 2.64. The molecule has 0 aliphatic rings. The average molecular weight is 227 g/mol. The van der Waals surface area contributed by atoms with Gasteiger partial charge in [-0.15, -0.1) is 0 Å². The Morgan fingerprint density at radius 2 is 2.14 bits per heavy atom. The van der Waals surface area contributed by atoms with Crippen molar-refractivity contribution >= 4 is 26.7 Å². The first-order chi connectivity index (χ1) is 3.27. The molecule has 0 saturated carbocycles. The normalized spacial score (nSPS) is 14.1. The molecule has 0 amide bonds. The van der Waals surface area contributed by atoms with E-state index in [4.69, 9.17) is 0 Å². The molecule has 0 aliphatic carbocycles. The van der Waals surface area contributed by atoms with Gasteiger partial charge in [-0.05, 0) is 0 Å². The molecule has 7 heavy (non-hydrogen) atoms. The van der Waals surface area contributed by atoms with Crippen molar-refractivity contribution in [3.63, 3.8) is 0 Å². The molecule has 0 fully saturated rings. The van der Waals surface area contributed by atoms with Crippen molar-refractivity contribution in [2.75, 3.05) is 0 Å². The van der Waals surface area contributed by atoms with Gasteiger partial charge < -0.3 is 0 Å². The second-order valence-electron chi connectivity index (χ2n) is 1.68. The van der Waals surface area contributed by atoms with Crippen molar-refractivity contribution in [2.24, 2.45) is 0 Å². The second kappa shape index (κ2) is 5.18. The van der Waals surface area contributed by atoms with E-state index in [9.17, 15) is 0 Å². The summed E-state index contributed by atoms with van der Waals surface area (Å²) in [6.45, 7) is 2.24. The summed E-state index contributed by atoms with van der Waals surface area (Å²) in [5.74, 6) is 0. The van der Waals surface area contributed by atoms with E-state index >= 15 is 0 Å². The Hall–Kier alpha value is 1.04. The standard InChI is InChI=1S/C5H12AsBr/c1-3-4-5-6(2)7/h3-5H2,1-2H3. The van der Waals surface area contributed by atoms with Crippen LogP contribution in [0.1, 0.15) is 19.8 Å². The summed E-state index contributed by atoms with van der Waals surface area (Å²) >= 11 is 3.19. The first-order valence-corrected chi connectivity index (χ1v) is 10.2. The van der Waals surface area contributed by atoms with Crippen LogP contribution in [0.5, 0.6) is 0 Å². The Morgan fingerprint density at radius 3 is 2.29 bits per heavy atom. The molecule has 0 bridgehead atoms. The molecule has 0 saturated heterocycles. The molecule has 0 aromatic carbocycles. The van der Waals surface area contributed by atoms with Gasteiger partial charge in [0.05, 0.1) is 0 Å². The van der Waals surface area contributed by atoms with Gasteiger partial charge >= 0.3 is 57.4 Å². The summed E-state index contributed by atoms with van der Waals surface area (Å²) in [7, 11) is 0. The molecule has 0 N–H and O–H groups in total. The minimum absolute atomic E-state index is 0.430. The maximum atomic E-state index is 3.62. The van der Waals surface area contributed by atoms with Gasteiger partial charge in [-0.3, -0.25) is 0 Å². The number of halogens is 1. The van der Waals surface area contributed by atoms with E-state index in [-0.39, 0.29) is 0 Å². The van der Waals surface area contributed by atoms with Crippen molar-refractivity contribution in [1.82, 2.24) is 0 Å². The van der Waals surface area contributed by atoms with Gasteiger partial charge in [-0.25, -0.2) is 0 Å². The third-order valence-corrected chi connectivity index (χ3v) is 4.62. The van der Waals surface area contributed by atoms with E-state index < -0.39 is 12.8 Å². The number of hydrogen-bond donors (Lipinski definition) is 0. The number of hydrogen-bond acceptors (Lipinski definition) is 0. The first kappa shape index (κ1) is 8.04. The minimum atomic E-state index is -0.430. The fourth-order valence-corrected chi connectivity index (χ4v) is 3.26. The molecule has 1 atom stereocenters. The number of unbranched alkanes of at least 4 members (excludes halogenated alkanes) is 1. The van der Waals surface area contributed by atoms with Gasteiger partial charge in [0.2, 0.25) is 0 Å². The fourth-order valence-electron chi connectivity index (χ4n) is 0.376. The quantitative estimate of drug-likeness (QED) is 0.650. The molecule has 0 aromatic heterocycles. The van der Waals surface area contributed by atoms with Crippen LogP contribution in [0.2, 0.25) is 10.9 Å². The molecule has 0 aliphatic heterocycles. The molecule has 0 heterocycles. The van der Waals surface area contributed by atoms with Crippen LogP contribution in [0.25, 0.3) is 0 Å². The van der Waals surface area contributed by atoms with Crippen LogP contribution < -0.4 is 0 Å². The van der Waals surface area contributed by atoms with Crippen molar-refractivity contribution in [1.29, 1.82) is 0 Å². The third kappa shape index (κ3) is 7.04. The van der Waals surface area contributed by atoms with Gasteiger partial charge in [0, 0.05) is 0 Å². The van der Waals surface area contributed by atoms with Crippen LogP contribution in [-0.4, -0.2) is 12.8 Å². The van der Waals surface area contributed by atoms with Crippen molar-refractivity contribution in [3.8, 4) is 0 Å². The van der Waals surface area contributed by atoms with Gasteiger partial charge in [0.1, 0.15) is 0 Å². The summed E-state index contributed by atoms with van der Waals surface area (Å²) in [6.07, 6.45) is 2.77. The predicted molar refractivity (Wildman–Crippen MR) is 40.3 cm³/mol. The Kier molecular flexibility index (Phi) is 5.95. The van der Waals surface area contributed by atoms with Crippen LogP contribution >= 0.6 is 13.9 Å². The van der Waals surface area contributed by atoms with Crippen molar-refractivity contribution < 1.29 is 0 Å². The van der Waals surface area contributed by atoms with Crippen LogP contribution in [-0.2, 0) is 0 Å². The summed E-state index contributed by atoms with van der Waals surface area (Å²) in [5.41, 5.74) is 2.34. The van der Waals surface area contributed by atoms with Gasteiger partial charge in [-0.1, -0.05) is 0 Å². The van der Waals surface area contributed by atoms with Gasteiger partial charge in [-0.2, -0.15) is 0 Å². The van der Waals surface area contributed by atoms with Crippen LogP contribution in [0, 0.1) is 0 Å². The van der Waals surface area contributed by atoms with Crippen LogP contribution in [0.4, 0.5) is 0 Å². The molecule has 0 radical (unpaired) electrons. The molecule has 44 valence electrons. The summed E-state index contributed by atoms with van der Waals surface area (Å²) in [4.78, 5) is 0. The summed E-state index contributed by atoms with van der Waals surface area (Å²) < 4.78 is 0. The van der Waals surface area contributed by atoms with E-state index in [1.54, 1.807) is 0 Å². The molecule has 0 rings (SSSR count). The molecule has 0 aromatic rings. The molecular weight excluding hydrogens is 215 g/mol. The van der Waals surface area contributed by atoms with Crippen LogP contribution in [0.3, 0.4) is 0 Å². The fraction of sp³-hybridized carbons (Fsp3) is 1.00. The molecule has 0 nitrogen and oxygen atoms in total. The molecular formula is C5H12AsBr. The van der Waals surface area contributed by atoms with Crippen LogP contribution in [0.15, 0.2) is 0 Å². The summed E-state index contributed by atoms with van der Waals surface area (Å²) in [5, 5.41) is 1.46. The second-order valence-corrected chi connectivity index (χ2v) is 11.4. The number of rotatable bonds is 3. The van der Waals surface area contributed by atoms with Crippen molar-refractivity contribution in [3.05, 3.63) is 0 Å². The van der Waals surface area contributed by atoms with E-state index in [1.165, 1.54) is 18.1 Å². The van der Waals surface area contributed by atoms with E-state index in [0.29, 0.717) is 0 Å². The third-order valence-electron chi connectivity index (χ3n) is 0.820. The maximum absolute atomic E-state index is 3.62. The van der Waals surface area contributed by atoms with E-state index in [1.807, 2.05) is 0 Å². The zero-order valence-electron chi connectivity index (χ0n) is 4.95. The monoisotopic (exact) mass is 226 g/mol. The average Bonchev–Trinajstić information content (AvgIpc) is 1.61. The molecule has 0 spiro atoms. The summed E-state index contributed by atoms with van der Waals surface area (Å²) in [6, 6.07) is 0. The molecule has 2 heteroatoms. The van der Waals surface area contributed by atoms with Gasteiger partial charge in [0.15, 0.2) is 0 Å². The topological polar surface area (TPSA) is 0 Å². The van der Waals surface area contributed by atoms with E-state index in [2.05, 4.69) is 26.6 Å². The Labute approximate surface area is 57.5 Å².